The number of hydrogen-bond acceptors (Lipinski definition) is 2. The molecule has 1 aromatic carbocycles. The predicted octanol–water partition coefficient (Wildman–Crippen LogP) is 4.73. The van der Waals surface area contributed by atoms with Crippen LogP contribution in [0, 0.1) is 11.3 Å². The lowest BCUT2D eigenvalue weighted by Crippen LogP contribution is -2.27. The molecule has 0 saturated carbocycles. The van der Waals surface area contributed by atoms with Gasteiger partial charge in [-0.1, -0.05) is 46.8 Å². The highest BCUT2D eigenvalue weighted by Crippen LogP contribution is 2.35. The molecule has 21 heavy (non-hydrogen) atoms. The molecule has 2 unspecified atom stereocenters. The Morgan fingerprint density at radius 1 is 1.29 bits per heavy atom. The van der Waals surface area contributed by atoms with Crippen molar-refractivity contribution >= 4 is 0 Å². The summed E-state index contributed by atoms with van der Waals surface area (Å²) in [5.74, 6) is 1.76. The van der Waals surface area contributed by atoms with E-state index in [0.29, 0.717) is 17.4 Å². The van der Waals surface area contributed by atoms with E-state index >= 15 is 0 Å². The third-order valence-electron chi connectivity index (χ3n) is 4.85. The Labute approximate surface area is 130 Å². The first-order valence-electron chi connectivity index (χ1n) is 8.40. The van der Waals surface area contributed by atoms with Crippen molar-refractivity contribution in [2.24, 2.45) is 11.3 Å². The molecule has 1 heterocycles. The highest BCUT2D eigenvalue weighted by Gasteiger charge is 2.24. The van der Waals surface area contributed by atoms with Gasteiger partial charge in [-0.05, 0) is 54.3 Å². The van der Waals surface area contributed by atoms with Crippen LogP contribution in [0.1, 0.15) is 64.6 Å². The summed E-state index contributed by atoms with van der Waals surface area (Å²) in [6, 6.07) is 7.21. The first-order chi connectivity index (χ1) is 9.91. The number of rotatable bonds is 5. The first-order valence-corrected chi connectivity index (χ1v) is 8.40. The van der Waals surface area contributed by atoms with Gasteiger partial charge >= 0.3 is 0 Å². The molecule has 1 aliphatic rings. The summed E-state index contributed by atoms with van der Waals surface area (Å²) in [6.45, 7) is 13.4. The highest BCUT2D eigenvalue weighted by molar-refractivity contribution is 5.39. The molecular formula is C19H31NO. The summed E-state index contributed by atoms with van der Waals surface area (Å²) in [7, 11) is 0. The number of benzene rings is 1. The van der Waals surface area contributed by atoms with Gasteiger partial charge in [0.25, 0.3) is 0 Å². The Kier molecular flexibility index (Phi) is 5.32. The van der Waals surface area contributed by atoms with E-state index in [4.69, 9.17) is 4.74 Å². The van der Waals surface area contributed by atoms with E-state index in [-0.39, 0.29) is 0 Å². The fourth-order valence-electron chi connectivity index (χ4n) is 2.89. The molecule has 0 saturated heterocycles. The van der Waals surface area contributed by atoms with E-state index < -0.39 is 0 Å². The number of aryl methyl sites for hydroxylation is 1. The molecule has 0 aromatic heterocycles. The normalized spacial score (nSPS) is 17.8. The van der Waals surface area contributed by atoms with Gasteiger partial charge in [-0.25, -0.2) is 0 Å². The third-order valence-corrected chi connectivity index (χ3v) is 4.85. The molecule has 2 rings (SSSR count). The van der Waals surface area contributed by atoms with E-state index in [1.165, 1.54) is 17.5 Å². The average molecular weight is 289 g/mol. The second-order valence-electron chi connectivity index (χ2n) is 7.43. The van der Waals surface area contributed by atoms with Gasteiger partial charge < -0.3 is 10.1 Å². The maximum absolute atomic E-state index is 5.73. The number of nitrogens with one attached hydrogen (secondary N) is 1. The summed E-state index contributed by atoms with van der Waals surface area (Å²) in [6.07, 6.45) is 3.47. The Morgan fingerprint density at radius 3 is 2.71 bits per heavy atom. The van der Waals surface area contributed by atoms with Crippen LogP contribution in [-0.4, -0.2) is 13.2 Å². The Bertz CT molecular complexity index is 461. The zero-order chi connectivity index (χ0) is 15.5. The molecule has 1 N–H and O–H groups in total. The van der Waals surface area contributed by atoms with Crippen molar-refractivity contribution in [2.45, 2.75) is 59.9 Å². The Hall–Kier alpha value is -1.02. The van der Waals surface area contributed by atoms with E-state index in [1.54, 1.807) is 0 Å². The second kappa shape index (κ2) is 6.83. The fraction of sp³-hybridized carbons (Fsp3) is 0.684. The lowest BCUT2D eigenvalue weighted by atomic mass is 9.77. The summed E-state index contributed by atoms with van der Waals surface area (Å²) in [5.41, 5.74) is 3.15. The van der Waals surface area contributed by atoms with Crippen LogP contribution in [-0.2, 0) is 6.42 Å². The molecule has 0 aliphatic carbocycles. The minimum Gasteiger partial charge on any atom is -0.493 e. The van der Waals surface area contributed by atoms with Gasteiger partial charge in [0, 0.05) is 6.04 Å². The molecule has 0 fully saturated rings. The maximum atomic E-state index is 5.73. The van der Waals surface area contributed by atoms with Gasteiger partial charge in [-0.2, -0.15) is 0 Å². The lowest BCUT2D eigenvalue weighted by molar-refractivity contribution is 0.223. The van der Waals surface area contributed by atoms with Gasteiger partial charge in [-0.3, -0.25) is 0 Å². The lowest BCUT2D eigenvalue weighted by Gasteiger charge is -2.32. The van der Waals surface area contributed by atoms with Gasteiger partial charge in [0.1, 0.15) is 5.75 Å². The predicted molar refractivity (Wildman–Crippen MR) is 89.9 cm³/mol. The molecule has 1 aliphatic heterocycles. The molecule has 2 heteroatoms. The molecule has 0 radical (unpaired) electrons. The van der Waals surface area contributed by atoms with Crippen LogP contribution in [0.3, 0.4) is 0 Å². The minimum absolute atomic E-state index is 0.352. The quantitative estimate of drug-likeness (QED) is 0.845. The highest BCUT2D eigenvalue weighted by atomic mass is 16.5. The van der Waals surface area contributed by atoms with Crippen LogP contribution in [0.25, 0.3) is 0 Å². The van der Waals surface area contributed by atoms with Gasteiger partial charge in [0.2, 0.25) is 0 Å². The van der Waals surface area contributed by atoms with Crippen molar-refractivity contribution in [3.05, 3.63) is 29.3 Å². The standard InChI is InChI=1S/C19H31NO/c1-6-20-17(12-14(2)19(3,4)5)15-9-10-18-16(13-15)8-7-11-21-18/h9-10,13-14,17,20H,6-8,11-12H2,1-5H3. The first kappa shape index (κ1) is 16.4. The zero-order valence-electron chi connectivity index (χ0n) is 14.3. The van der Waals surface area contributed by atoms with Crippen LogP contribution in [0.15, 0.2) is 18.2 Å². The van der Waals surface area contributed by atoms with Crippen LogP contribution in [0.2, 0.25) is 0 Å². The summed E-state index contributed by atoms with van der Waals surface area (Å²) < 4.78 is 5.73. The average Bonchev–Trinajstić information content (AvgIpc) is 2.45. The van der Waals surface area contributed by atoms with Crippen molar-refractivity contribution < 1.29 is 4.74 Å². The Balaban J connectivity index is 2.17. The van der Waals surface area contributed by atoms with Crippen LogP contribution in [0.5, 0.6) is 5.75 Å². The van der Waals surface area contributed by atoms with E-state index in [1.807, 2.05) is 0 Å². The topological polar surface area (TPSA) is 21.3 Å². The van der Waals surface area contributed by atoms with E-state index in [9.17, 15) is 0 Å². The molecule has 2 atom stereocenters. The van der Waals surface area contributed by atoms with Crippen LogP contribution < -0.4 is 10.1 Å². The minimum atomic E-state index is 0.352. The van der Waals surface area contributed by atoms with Gasteiger partial charge in [-0.15, -0.1) is 0 Å². The summed E-state index contributed by atoms with van der Waals surface area (Å²) in [4.78, 5) is 0. The van der Waals surface area contributed by atoms with E-state index in [0.717, 1.165) is 31.7 Å². The maximum Gasteiger partial charge on any atom is 0.122 e. The Morgan fingerprint density at radius 2 is 2.05 bits per heavy atom. The second-order valence-corrected chi connectivity index (χ2v) is 7.43. The SMILES string of the molecule is CCNC(CC(C)C(C)(C)C)c1ccc2c(c1)CCCO2. The van der Waals surface area contributed by atoms with E-state index in [2.05, 4.69) is 58.1 Å². The van der Waals surface area contributed by atoms with Crippen molar-refractivity contribution in [2.75, 3.05) is 13.2 Å². The summed E-state index contributed by atoms with van der Waals surface area (Å²) >= 11 is 0. The molecular weight excluding hydrogens is 258 g/mol. The number of fused-ring (bicyclic) bond motifs is 1. The number of hydrogen-bond donors (Lipinski definition) is 1. The third kappa shape index (κ3) is 4.23. The van der Waals surface area contributed by atoms with Crippen molar-refractivity contribution in [3.63, 3.8) is 0 Å². The molecule has 0 amide bonds. The largest absolute Gasteiger partial charge is 0.493 e. The molecule has 118 valence electrons. The molecule has 2 nitrogen and oxygen atoms in total. The zero-order valence-corrected chi connectivity index (χ0v) is 14.3. The van der Waals surface area contributed by atoms with Crippen molar-refractivity contribution in [1.82, 2.24) is 5.32 Å². The van der Waals surface area contributed by atoms with Crippen LogP contribution in [0.4, 0.5) is 0 Å². The molecule has 1 aromatic rings. The van der Waals surface area contributed by atoms with Gasteiger partial charge in [0.15, 0.2) is 0 Å². The molecule has 0 spiro atoms. The summed E-state index contributed by atoms with van der Waals surface area (Å²) in [5, 5.41) is 3.67. The fourth-order valence-corrected chi connectivity index (χ4v) is 2.89. The smallest absolute Gasteiger partial charge is 0.122 e. The number of ether oxygens (including phenoxy) is 1. The monoisotopic (exact) mass is 289 g/mol. The van der Waals surface area contributed by atoms with Crippen LogP contribution >= 0.6 is 0 Å². The van der Waals surface area contributed by atoms with Crippen molar-refractivity contribution in [1.29, 1.82) is 0 Å². The van der Waals surface area contributed by atoms with Crippen molar-refractivity contribution in [3.8, 4) is 5.75 Å². The molecule has 0 bridgehead atoms. The van der Waals surface area contributed by atoms with Gasteiger partial charge in [0.05, 0.1) is 6.61 Å².